The zero-order valence-electron chi connectivity index (χ0n) is 12.3. The number of hydrogen-bond donors (Lipinski definition) is 3. The van der Waals surface area contributed by atoms with Crippen LogP contribution in [0.25, 0.3) is 0 Å². The number of H-pyrrole nitrogens is 1. The summed E-state index contributed by atoms with van der Waals surface area (Å²) in [6.07, 6.45) is 3.07. The van der Waals surface area contributed by atoms with Crippen LogP contribution in [0.5, 0.6) is 0 Å². The highest BCUT2D eigenvalue weighted by molar-refractivity contribution is 7.38. The molecule has 23 heavy (non-hydrogen) atoms. The first-order chi connectivity index (χ1) is 11.3. The van der Waals surface area contributed by atoms with Crippen molar-refractivity contribution in [1.82, 2.24) is 15.3 Å². The van der Waals surface area contributed by atoms with E-state index in [-0.39, 0.29) is 6.04 Å². The summed E-state index contributed by atoms with van der Waals surface area (Å²) in [6, 6.07) is 19.5. The standard InChI is InChI=1S/C17H16N3O2P/c21-23(22)17(15-11-18-12-19-15)20-16(13-7-3-1-4-8-13)14-9-5-2-6-10-14/h1-12,16-17,20H,(H-,18,19,21,22)/p+1. The van der Waals surface area contributed by atoms with Gasteiger partial charge in [-0.3, -0.25) is 5.32 Å². The Morgan fingerprint density at radius 3 is 2.00 bits per heavy atom. The van der Waals surface area contributed by atoms with Crippen LogP contribution in [0.15, 0.2) is 73.2 Å². The van der Waals surface area contributed by atoms with Gasteiger partial charge in [-0.15, -0.1) is 0 Å². The molecule has 5 nitrogen and oxygen atoms in total. The molecule has 3 rings (SSSR count). The molecule has 0 aliphatic rings. The van der Waals surface area contributed by atoms with Gasteiger partial charge in [-0.05, 0) is 15.7 Å². The average molecular weight is 326 g/mol. The summed E-state index contributed by atoms with van der Waals surface area (Å²) in [5.41, 5.74) is 2.64. The summed E-state index contributed by atoms with van der Waals surface area (Å²) >= 11 is 0. The molecule has 0 bridgehead atoms. The Hall–Kier alpha value is -2.33. The molecular weight excluding hydrogens is 309 g/mol. The Balaban J connectivity index is 1.97. The van der Waals surface area contributed by atoms with E-state index >= 15 is 0 Å². The topological polar surface area (TPSA) is 78.0 Å². The number of imidazole rings is 1. The first-order valence-corrected chi connectivity index (χ1v) is 8.53. The molecule has 1 heterocycles. The van der Waals surface area contributed by atoms with Crippen LogP contribution in [0.2, 0.25) is 0 Å². The molecule has 0 fully saturated rings. The maximum Gasteiger partial charge on any atom is 0.531 e. The zero-order chi connectivity index (χ0) is 16.1. The van der Waals surface area contributed by atoms with E-state index in [1.807, 2.05) is 60.7 Å². The van der Waals surface area contributed by atoms with Crippen molar-refractivity contribution < 1.29 is 9.46 Å². The van der Waals surface area contributed by atoms with Gasteiger partial charge in [0, 0.05) is 0 Å². The van der Waals surface area contributed by atoms with Crippen LogP contribution in [-0.2, 0) is 4.57 Å². The van der Waals surface area contributed by atoms with Gasteiger partial charge in [0.15, 0.2) is 0 Å². The van der Waals surface area contributed by atoms with E-state index in [9.17, 15) is 9.46 Å². The number of rotatable bonds is 6. The third kappa shape index (κ3) is 3.71. The Morgan fingerprint density at radius 2 is 1.57 bits per heavy atom. The number of aromatic amines is 1. The van der Waals surface area contributed by atoms with Gasteiger partial charge >= 0.3 is 8.03 Å². The fraction of sp³-hybridized carbons (Fsp3) is 0.118. The molecule has 6 heteroatoms. The van der Waals surface area contributed by atoms with Crippen molar-refractivity contribution in [2.24, 2.45) is 0 Å². The van der Waals surface area contributed by atoms with Gasteiger partial charge in [-0.1, -0.05) is 60.7 Å². The zero-order valence-corrected chi connectivity index (χ0v) is 13.2. The van der Waals surface area contributed by atoms with Crippen molar-refractivity contribution >= 4 is 8.03 Å². The minimum Gasteiger partial charge on any atom is -0.343 e. The van der Waals surface area contributed by atoms with Crippen LogP contribution in [0.3, 0.4) is 0 Å². The van der Waals surface area contributed by atoms with Crippen molar-refractivity contribution in [3.05, 3.63) is 90.0 Å². The predicted octanol–water partition coefficient (Wildman–Crippen LogP) is 3.52. The average Bonchev–Trinajstić information content (AvgIpc) is 3.11. The predicted molar refractivity (Wildman–Crippen MR) is 89.0 cm³/mol. The second kappa shape index (κ2) is 7.29. The molecule has 0 spiro atoms. The number of hydrogen-bond acceptors (Lipinski definition) is 3. The fourth-order valence-electron chi connectivity index (χ4n) is 2.52. The van der Waals surface area contributed by atoms with Crippen LogP contribution >= 0.6 is 8.03 Å². The molecule has 1 aromatic heterocycles. The molecular formula is C17H17N3O2P+. The lowest BCUT2D eigenvalue weighted by Crippen LogP contribution is -2.25. The second-order valence-corrected chi connectivity index (χ2v) is 6.25. The van der Waals surface area contributed by atoms with Crippen LogP contribution < -0.4 is 5.32 Å². The van der Waals surface area contributed by atoms with Crippen molar-refractivity contribution in [3.8, 4) is 0 Å². The SMILES string of the molecule is O=[P+](O)C(NC(c1ccccc1)c1ccccc1)c1cnc[nH]1. The van der Waals surface area contributed by atoms with Crippen molar-refractivity contribution in [2.75, 3.05) is 0 Å². The van der Waals surface area contributed by atoms with Crippen molar-refractivity contribution in [1.29, 1.82) is 0 Å². The van der Waals surface area contributed by atoms with E-state index < -0.39 is 13.8 Å². The van der Waals surface area contributed by atoms with Crippen LogP contribution in [0.4, 0.5) is 0 Å². The first-order valence-electron chi connectivity index (χ1n) is 7.25. The summed E-state index contributed by atoms with van der Waals surface area (Å²) in [5, 5.41) is 3.28. The third-order valence-corrected chi connectivity index (χ3v) is 4.49. The van der Waals surface area contributed by atoms with E-state index in [0.717, 1.165) is 11.1 Å². The van der Waals surface area contributed by atoms with E-state index in [1.54, 1.807) is 6.20 Å². The minimum atomic E-state index is -2.46. The van der Waals surface area contributed by atoms with Gasteiger partial charge in [0.1, 0.15) is 5.69 Å². The summed E-state index contributed by atoms with van der Waals surface area (Å²) in [5.74, 6) is -0.724. The molecule has 0 aliphatic carbocycles. The smallest absolute Gasteiger partial charge is 0.343 e. The van der Waals surface area contributed by atoms with Gasteiger partial charge in [0.2, 0.25) is 0 Å². The Labute approximate surface area is 135 Å². The summed E-state index contributed by atoms with van der Waals surface area (Å²) in [6.45, 7) is 0. The van der Waals surface area contributed by atoms with E-state index in [0.29, 0.717) is 5.69 Å². The lowest BCUT2D eigenvalue weighted by molar-refractivity contribution is 0.461. The van der Waals surface area contributed by atoms with E-state index in [1.165, 1.54) is 6.33 Å². The highest BCUT2D eigenvalue weighted by Crippen LogP contribution is 2.37. The minimum absolute atomic E-state index is 0.197. The van der Waals surface area contributed by atoms with Crippen LogP contribution in [0.1, 0.15) is 28.6 Å². The van der Waals surface area contributed by atoms with Crippen LogP contribution in [0, 0.1) is 0 Å². The fourth-order valence-corrected chi connectivity index (χ4v) is 3.18. The van der Waals surface area contributed by atoms with Crippen LogP contribution in [-0.4, -0.2) is 14.9 Å². The van der Waals surface area contributed by atoms with Crippen molar-refractivity contribution in [2.45, 2.75) is 11.8 Å². The van der Waals surface area contributed by atoms with Gasteiger partial charge in [0.05, 0.1) is 18.6 Å². The molecule has 2 aromatic carbocycles. The van der Waals surface area contributed by atoms with E-state index in [2.05, 4.69) is 15.3 Å². The number of nitrogens with zero attached hydrogens (tertiary/aromatic N) is 1. The molecule has 0 saturated carbocycles. The maximum atomic E-state index is 11.8. The summed E-state index contributed by atoms with van der Waals surface area (Å²) in [7, 11) is -2.46. The largest absolute Gasteiger partial charge is 0.531 e. The van der Waals surface area contributed by atoms with Gasteiger partial charge < -0.3 is 4.98 Å². The molecule has 0 radical (unpaired) electrons. The first kappa shape index (κ1) is 15.6. The molecule has 3 N–H and O–H groups in total. The molecule has 0 amide bonds. The molecule has 2 atom stereocenters. The number of aromatic nitrogens is 2. The molecule has 0 aliphatic heterocycles. The maximum absolute atomic E-state index is 11.8. The van der Waals surface area contributed by atoms with Gasteiger partial charge in [-0.2, -0.15) is 4.89 Å². The normalized spacial score (nSPS) is 13.0. The molecule has 0 saturated heterocycles. The number of benzene rings is 2. The highest BCUT2D eigenvalue weighted by Gasteiger charge is 2.35. The Bertz CT molecular complexity index is 709. The monoisotopic (exact) mass is 326 g/mol. The molecule has 3 aromatic rings. The summed E-state index contributed by atoms with van der Waals surface area (Å²) < 4.78 is 11.8. The van der Waals surface area contributed by atoms with Gasteiger partial charge in [0.25, 0.3) is 5.78 Å². The van der Waals surface area contributed by atoms with Crippen molar-refractivity contribution in [3.63, 3.8) is 0 Å². The quantitative estimate of drug-likeness (QED) is 0.606. The molecule has 116 valence electrons. The lowest BCUT2D eigenvalue weighted by atomic mass is 9.98. The van der Waals surface area contributed by atoms with E-state index in [4.69, 9.17) is 0 Å². The third-order valence-electron chi connectivity index (χ3n) is 3.63. The summed E-state index contributed by atoms with van der Waals surface area (Å²) in [4.78, 5) is 16.6. The number of nitrogens with one attached hydrogen (secondary N) is 2. The van der Waals surface area contributed by atoms with Gasteiger partial charge in [-0.25, -0.2) is 4.98 Å². The second-order valence-electron chi connectivity index (χ2n) is 5.13. The highest BCUT2D eigenvalue weighted by atomic mass is 31.1. The molecule has 2 unspecified atom stereocenters. The Kier molecular flexibility index (Phi) is 4.93. The lowest BCUT2D eigenvalue weighted by Gasteiger charge is -2.20. The Morgan fingerprint density at radius 1 is 1.00 bits per heavy atom.